The van der Waals surface area contributed by atoms with Crippen LogP contribution in [0.25, 0.3) is 0 Å². The predicted molar refractivity (Wildman–Crippen MR) is 58.8 cm³/mol. The summed E-state index contributed by atoms with van der Waals surface area (Å²) in [6, 6.07) is 4.01. The fraction of sp³-hybridized carbons (Fsp3) is 0.200. The molecule has 0 aromatic heterocycles. The van der Waals surface area contributed by atoms with Crippen molar-refractivity contribution < 1.29 is 14.5 Å². The molecule has 0 N–H and O–H groups in total. The Kier molecular flexibility index (Phi) is 4.01. The second-order valence-electron chi connectivity index (χ2n) is 2.91. The van der Waals surface area contributed by atoms with E-state index in [2.05, 4.69) is 4.74 Å². The van der Waals surface area contributed by atoms with E-state index < -0.39 is 16.6 Å². The molecule has 0 amide bonds. The van der Waals surface area contributed by atoms with Crippen molar-refractivity contribution in [2.75, 3.05) is 6.61 Å². The van der Waals surface area contributed by atoms with Crippen LogP contribution in [0.1, 0.15) is 22.8 Å². The van der Waals surface area contributed by atoms with Crippen LogP contribution in [0.15, 0.2) is 12.1 Å². The lowest BCUT2D eigenvalue weighted by Gasteiger charge is -2.04. The molecule has 0 bridgehead atoms. The number of nitriles is 1. The van der Waals surface area contributed by atoms with Gasteiger partial charge in [-0.2, -0.15) is 5.26 Å². The van der Waals surface area contributed by atoms with Gasteiger partial charge in [0.05, 0.1) is 17.1 Å². The number of rotatable bonds is 3. The maximum absolute atomic E-state index is 11.5. The van der Waals surface area contributed by atoms with E-state index in [0.29, 0.717) is 0 Å². The first kappa shape index (κ1) is 12.9. The maximum atomic E-state index is 11.5. The van der Waals surface area contributed by atoms with Gasteiger partial charge in [0.1, 0.15) is 16.7 Å². The minimum absolute atomic E-state index is 0.111. The Morgan fingerprint density at radius 2 is 2.29 bits per heavy atom. The smallest absolute Gasteiger partial charge is 0.339 e. The molecule has 0 heterocycles. The summed E-state index contributed by atoms with van der Waals surface area (Å²) in [5.41, 5.74) is -1.13. The molecular weight excluding hydrogens is 248 g/mol. The average molecular weight is 255 g/mol. The van der Waals surface area contributed by atoms with Gasteiger partial charge < -0.3 is 4.74 Å². The van der Waals surface area contributed by atoms with E-state index >= 15 is 0 Å². The second-order valence-corrected chi connectivity index (χ2v) is 3.32. The van der Waals surface area contributed by atoms with Crippen LogP contribution in [0, 0.1) is 21.4 Å². The summed E-state index contributed by atoms with van der Waals surface area (Å²) >= 11 is 5.61. The number of ether oxygens (including phenoxy) is 1. The van der Waals surface area contributed by atoms with Crippen molar-refractivity contribution in [3.63, 3.8) is 0 Å². The molecule has 88 valence electrons. The first-order valence-corrected chi connectivity index (χ1v) is 4.94. The van der Waals surface area contributed by atoms with Gasteiger partial charge >= 0.3 is 11.7 Å². The minimum atomic E-state index is -0.802. The topological polar surface area (TPSA) is 93.2 Å². The largest absolute Gasteiger partial charge is 0.462 e. The molecule has 0 saturated heterocycles. The molecule has 1 aromatic carbocycles. The van der Waals surface area contributed by atoms with Crippen molar-refractivity contribution in [3.8, 4) is 6.07 Å². The van der Waals surface area contributed by atoms with E-state index in [1.165, 1.54) is 12.1 Å². The Balaban J connectivity index is 3.45. The minimum Gasteiger partial charge on any atom is -0.462 e. The number of benzene rings is 1. The number of carbonyl (C=O) groups is 1. The van der Waals surface area contributed by atoms with Crippen molar-refractivity contribution in [3.05, 3.63) is 38.4 Å². The van der Waals surface area contributed by atoms with Gasteiger partial charge in [-0.15, -0.1) is 0 Å². The Morgan fingerprint density at radius 1 is 1.65 bits per heavy atom. The Bertz CT molecular complexity index is 522. The summed E-state index contributed by atoms with van der Waals surface area (Å²) < 4.78 is 4.69. The van der Waals surface area contributed by atoms with E-state index in [0.717, 1.165) is 0 Å². The number of esters is 1. The molecule has 0 atom stereocenters. The van der Waals surface area contributed by atoms with Crippen LogP contribution >= 0.6 is 11.6 Å². The predicted octanol–water partition coefficient (Wildman–Crippen LogP) is 2.30. The third-order valence-corrected chi connectivity index (χ3v) is 2.22. The van der Waals surface area contributed by atoms with E-state index in [-0.39, 0.29) is 22.8 Å². The van der Waals surface area contributed by atoms with Gasteiger partial charge in [-0.3, -0.25) is 10.1 Å². The van der Waals surface area contributed by atoms with Crippen LogP contribution in [0.2, 0.25) is 5.02 Å². The van der Waals surface area contributed by atoms with E-state index in [1.807, 2.05) is 0 Å². The van der Waals surface area contributed by atoms with Crippen LogP contribution in [0.5, 0.6) is 0 Å². The van der Waals surface area contributed by atoms with Crippen molar-refractivity contribution in [2.45, 2.75) is 6.92 Å². The van der Waals surface area contributed by atoms with Gasteiger partial charge in [0.15, 0.2) is 0 Å². The molecule has 0 spiro atoms. The number of nitro benzene ring substituents is 1. The van der Waals surface area contributed by atoms with Gasteiger partial charge in [0.25, 0.3) is 0 Å². The zero-order chi connectivity index (χ0) is 13.0. The van der Waals surface area contributed by atoms with Gasteiger partial charge in [0.2, 0.25) is 0 Å². The van der Waals surface area contributed by atoms with Gasteiger partial charge in [-0.25, -0.2) is 4.79 Å². The summed E-state index contributed by atoms with van der Waals surface area (Å²) in [6.45, 7) is 1.70. The highest BCUT2D eigenvalue weighted by Crippen LogP contribution is 2.30. The summed E-state index contributed by atoms with van der Waals surface area (Å²) in [5, 5.41) is 19.4. The van der Waals surface area contributed by atoms with Crippen LogP contribution in [0.4, 0.5) is 5.69 Å². The van der Waals surface area contributed by atoms with E-state index in [9.17, 15) is 14.9 Å². The molecule has 6 nitrogen and oxygen atoms in total. The normalized spacial score (nSPS) is 9.47. The number of hydrogen-bond donors (Lipinski definition) is 0. The summed E-state index contributed by atoms with van der Waals surface area (Å²) in [5.74, 6) is -0.788. The van der Waals surface area contributed by atoms with Crippen molar-refractivity contribution >= 4 is 23.3 Å². The van der Waals surface area contributed by atoms with Crippen LogP contribution in [-0.4, -0.2) is 17.5 Å². The van der Waals surface area contributed by atoms with Crippen LogP contribution in [-0.2, 0) is 4.74 Å². The lowest BCUT2D eigenvalue weighted by molar-refractivity contribution is -0.385. The van der Waals surface area contributed by atoms with Gasteiger partial charge in [-0.1, -0.05) is 11.6 Å². The molecule has 0 aliphatic carbocycles. The molecule has 1 aromatic rings. The Morgan fingerprint density at radius 3 is 2.76 bits per heavy atom. The van der Waals surface area contributed by atoms with Gasteiger partial charge in [-0.05, 0) is 19.1 Å². The monoisotopic (exact) mass is 254 g/mol. The second kappa shape index (κ2) is 5.27. The van der Waals surface area contributed by atoms with E-state index in [4.69, 9.17) is 16.9 Å². The third-order valence-electron chi connectivity index (χ3n) is 1.92. The highest BCUT2D eigenvalue weighted by Gasteiger charge is 2.26. The number of nitrogens with zero attached hydrogens (tertiary/aromatic N) is 2. The maximum Gasteiger partial charge on any atom is 0.339 e. The lowest BCUT2D eigenvalue weighted by atomic mass is 10.1. The van der Waals surface area contributed by atoms with Crippen LogP contribution in [0.3, 0.4) is 0 Å². The van der Waals surface area contributed by atoms with Crippen molar-refractivity contribution in [2.24, 2.45) is 0 Å². The summed E-state index contributed by atoms with van der Waals surface area (Å²) in [4.78, 5) is 21.4. The number of halogens is 1. The number of hydrogen-bond acceptors (Lipinski definition) is 5. The summed E-state index contributed by atoms with van der Waals surface area (Å²) in [6.07, 6.45) is 0. The molecular formula is C10H7ClN2O4. The molecule has 7 heteroatoms. The van der Waals surface area contributed by atoms with E-state index in [1.54, 1.807) is 13.0 Å². The molecule has 0 aliphatic rings. The van der Waals surface area contributed by atoms with Crippen molar-refractivity contribution in [1.29, 1.82) is 5.26 Å². The highest BCUT2D eigenvalue weighted by molar-refractivity contribution is 6.33. The first-order valence-electron chi connectivity index (χ1n) is 4.57. The lowest BCUT2D eigenvalue weighted by Crippen LogP contribution is -2.08. The zero-order valence-electron chi connectivity index (χ0n) is 8.77. The number of nitro groups is 1. The fourth-order valence-electron chi connectivity index (χ4n) is 1.24. The van der Waals surface area contributed by atoms with Gasteiger partial charge in [0, 0.05) is 0 Å². The van der Waals surface area contributed by atoms with Crippen molar-refractivity contribution in [1.82, 2.24) is 0 Å². The molecule has 0 radical (unpaired) electrons. The SMILES string of the molecule is CCOC(=O)c1ccc(Cl)c([N+](=O)[O-])c1C#N. The Hall–Kier alpha value is -2.13. The molecule has 0 fully saturated rings. The molecule has 1 rings (SSSR count). The molecule has 0 aliphatic heterocycles. The highest BCUT2D eigenvalue weighted by atomic mass is 35.5. The fourth-order valence-corrected chi connectivity index (χ4v) is 1.46. The molecule has 17 heavy (non-hydrogen) atoms. The standard InChI is InChI=1S/C10H7ClN2O4/c1-2-17-10(14)6-3-4-8(11)9(13(15)16)7(6)5-12/h3-4H,2H2,1H3. The summed E-state index contributed by atoms with van der Waals surface area (Å²) in [7, 11) is 0. The average Bonchev–Trinajstić information content (AvgIpc) is 2.27. The Labute approximate surface area is 102 Å². The number of carbonyl (C=O) groups excluding carboxylic acids is 1. The quantitative estimate of drug-likeness (QED) is 0.469. The third kappa shape index (κ3) is 2.52. The zero-order valence-corrected chi connectivity index (χ0v) is 9.52. The molecule has 0 unspecified atom stereocenters. The van der Waals surface area contributed by atoms with Crippen LogP contribution < -0.4 is 0 Å². The first-order chi connectivity index (χ1) is 8.02. The molecule has 0 saturated carbocycles.